The molecular formula is C30H29F6N3O3S. The molecule has 13 heteroatoms. The third kappa shape index (κ3) is 6.09. The lowest BCUT2D eigenvalue weighted by Crippen LogP contribution is -2.68. The smallest absolute Gasteiger partial charge is 0.417 e. The molecule has 6 nitrogen and oxygen atoms in total. The third-order valence-corrected chi connectivity index (χ3v) is 9.00. The van der Waals surface area contributed by atoms with Gasteiger partial charge in [0, 0.05) is 43.3 Å². The number of nitrogens with zero attached hydrogens (tertiary/aromatic N) is 3. The number of benzene rings is 1. The number of carbonyl (C=O) groups excluding carboxylic acids is 2. The number of rotatable bonds is 6. The molecule has 2 aromatic heterocycles. The van der Waals surface area contributed by atoms with Gasteiger partial charge in [-0.3, -0.25) is 14.6 Å². The Balaban J connectivity index is 1.58. The van der Waals surface area contributed by atoms with Crippen LogP contribution in [-0.4, -0.2) is 51.3 Å². The van der Waals surface area contributed by atoms with E-state index in [1.54, 1.807) is 16.2 Å². The van der Waals surface area contributed by atoms with E-state index in [1.807, 2.05) is 18.4 Å². The van der Waals surface area contributed by atoms with Crippen molar-refractivity contribution in [3.05, 3.63) is 81.3 Å². The highest BCUT2D eigenvalue weighted by molar-refractivity contribution is 7.10. The van der Waals surface area contributed by atoms with E-state index < -0.39 is 52.5 Å². The Kier molecular flexibility index (Phi) is 8.47. The number of piperidine rings is 1. The first-order valence-electron chi connectivity index (χ1n) is 13.9. The Bertz CT molecular complexity index is 1470. The summed E-state index contributed by atoms with van der Waals surface area (Å²) >= 11 is 1.58. The lowest BCUT2D eigenvalue weighted by atomic mass is 9.79. The minimum atomic E-state index is -4.82. The number of ether oxygens (including phenoxy) is 1. The highest BCUT2D eigenvalue weighted by Crippen LogP contribution is 2.41. The van der Waals surface area contributed by atoms with E-state index in [9.17, 15) is 35.9 Å². The van der Waals surface area contributed by atoms with Crippen LogP contribution in [0.15, 0.2) is 54.2 Å². The molecule has 0 bridgehead atoms. The van der Waals surface area contributed by atoms with Gasteiger partial charge in [0.1, 0.15) is 5.75 Å². The van der Waals surface area contributed by atoms with Gasteiger partial charge >= 0.3 is 12.4 Å². The van der Waals surface area contributed by atoms with Gasteiger partial charge in [-0.05, 0) is 66.6 Å². The molecule has 3 aromatic rings. The average Bonchev–Trinajstić information content (AvgIpc) is 3.45. The maximum Gasteiger partial charge on any atom is 0.417 e. The van der Waals surface area contributed by atoms with E-state index in [-0.39, 0.29) is 38.1 Å². The molecule has 230 valence electrons. The molecule has 1 saturated heterocycles. The lowest BCUT2D eigenvalue weighted by Gasteiger charge is -2.50. The van der Waals surface area contributed by atoms with Crippen LogP contribution in [0.5, 0.6) is 5.75 Å². The van der Waals surface area contributed by atoms with Crippen molar-refractivity contribution < 1.29 is 40.7 Å². The summed E-state index contributed by atoms with van der Waals surface area (Å²) in [7, 11) is 0. The zero-order chi connectivity index (χ0) is 31.0. The van der Waals surface area contributed by atoms with Crippen molar-refractivity contribution in [1.82, 2.24) is 14.8 Å². The Hall–Kier alpha value is -3.61. The molecule has 1 fully saturated rings. The predicted molar refractivity (Wildman–Crippen MR) is 146 cm³/mol. The summed E-state index contributed by atoms with van der Waals surface area (Å²) < 4.78 is 87.8. The monoisotopic (exact) mass is 625 g/mol. The van der Waals surface area contributed by atoms with Crippen LogP contribution in [0.25, 0.3) is 0 Å². The van der Waals surface area contributed by atoms with E-state index in [2.05, 4.69) is 4.98 Å². The van der Waals surface area contributed by atoms with Crippen LogP contribution in [-0.2, 0) is 30.1 Å². The normalized spacial score (nSPS) is 21.0. The van der Waals surface area contributed by atoms with Gasteiger partial charge in [0.2, 0.25) is 5.60 Å². The quantitative estimate of drug-likeness (QED) is 0.277. The minimum absolute atomic E-state index is 0.0117. The molecule has 4 heterocycles. The Morgan fingerprint density at radius 2 is 1.79 bits per heavy atom. The van der Waals surface area contributed by atoms with E-state index in [1.165, 1.54) is 4.90 Å². The second-order valence-electron chi connectivity index (χ2n) is 10.7. The first-order chi connectivity index (χ1) is 20.3. The zero-order valence-corrected chi connectivity index (χ0v) is 24.0. The van der Waals surface area contributed by atoms with Gasteiger partial charge in [0.05, 0.1) is 22.7 Å². The van der Waals surface area contributed by atoms with Gasteiger partial charge in [0.25, 0.3) is 11.8 Å². The van der Waals surface area contributed by atoms with E-state index in [0.29, 0.717) is 19.4 Å². The number of pyridine rings is 1. The van der Waals surface area contributed by atoms with Crippen LogP contribution in [0.3, 0.4) is 0 Å². The number of thiophene rings is 1. The first kappa shape index (κ1) is 30.8. The number of alkyl halides is 6. The molecule has 0 radical (unpaired) electrons. The van der Waals surface area contributed by atoms with E-state index in [0.717, 1.165) is 53.2 Å². The highest BCUT2D eigenvalue weighted by atomic mass is 32.1. The number of likely N-dealkylation sites (tertiary alicyclic amines) is 1. The van der Waals surface area contributed by atoms with Gasteiger partial charge in [0.15, 0.2) is 0 Å². The number of fused-ring (bicyclic) bond motifs is 1. The number of halogens is 6. The van der Waals surface area contributed by atoms with Crippen molar-refractivity contribution in [2.24, 2.45) is 0 Å². The number of carbonyl (C=O) groups is 2. The standard InChI is InChI=1S/C30H29F6N3O3S/c1-2-4-25-28(42-21-7-5-20(6-8-21)29(31,32)33,27(41)38-15-10-24-19(18-38)11-16-43-24)12-3-14-39(25)26(40)22-17-37-13-9-23(22)30(34,35)36/h5-9,11,13,16-17,25H,2-4,10,12,14-15,18H2,1H3/t25-,28+/m1/s1. The molecule has 2 atom stereocenters. The molecule has 0 spiro atoms. The topological polar surface area (TPSA) is 62.7 Å². The fourth-order valence-corrected chi connectivity index (χ4v) is 6.87. The molecule has 0 unspecified atom stereocenters. The summed E-state index contributed by atoms with van der Waals surface area (Å²) in [5.41, 5.74) is -3.47. The number of hydrogen-bond acceptors (Lipinski definition) is 5. The van der Waals surface area contributed by atoms with Crippen molar-refractivity contribution in [3.63, 3.8) is 0 Å². The van der Waals surface area contributed by atoms with E-state index >= 15 is 0 Å². The van der Waals surface area contributed by atoms with Crippen LogP contribution in [0.2, 0.25) is 0 Å². The number of aromatic nitrogens is 1. The fourth-order valence-electron chi connectivity index (χ4n) is 5.98. The van der Waals surface area contributed by atoms with E-state index in [4.69, 9.17) is 4.74 Å². The van der Waals surface area contributed by atoms with Gasteiger partial charge in [-0.2, -0.15) is 26.3 Å². The Labute approximate surface area is 248 Å². The summed E-state index contributed by atoms with van der Waals surface area (Å²) in [6.07, 6.45) is -5.99. The molecule has 0 saturated carbocycles. The van der Waals surface area contributed by atoms with Crippen LogP contribution in [0.1, 0.15) is 64.5 Å². The maximum absolute atomic E-state index is 14.5. The fraction of sp³-hybridized carbons (Fsp3) is 0.433. The van der Waals surface area contributed by atoms with Gasteiger partial charge < -0.3 is 14.5 Å². The van der Waals surface area contributed by atoms with Crippen molar-refractivity contribution in [2.75, 3.05) is 13.1 Å². The van der Waals surface area contributed by atoms with Crippen LogP contribution < -0.4 is 4.74 Å². The van der Waals surface area contributed by atoms with Gasteiger partial charge in [-0.1, -0.05) is 13.3 Å². The summed E-state index contributed by atoms with van der Waals surface area (Å²) in [5.74, 6) is -1.41. The largest absolute Gasteiger partial charge is 0.475 e. The van der Waals surface area contributed by atoms with Crippen molar-refractivity contribution in [1.29, 1.82) is 0 Å². The molecule has 2 aliphatic heterocycles. The van der Waals surface area contributed by atoms with Crippen LogP contribution in [0, 0.1) is 0 Å². The van der Waals surface area contributed by atoms with Crippen LogP contribution >= 0.6 is 11.3 Å². The third-order valence-electron chi connectivity index (χ3n) is 7.98. The van der Waals surface area contributed by atoms with Crippen molar-refractivity contribution in [2.45, 2.75) is 69.6 Å². The molecule has 0 aliphatic carbocycles. The van der Waals surface area contributed by atoms with Gasteiger partial charge in [-0.15, -0.1) is 11.3 Å². The minimum Gasteiger partial charge on any atom is -0.475 e. The number of amides is 2. The summed E-state index contributed by atoms with van der Waals surface area (Å²) in [4.78, 5) is 36.2. The summed E-state index contributed by atoms with van der Waals surface area (Å²) in [6.45, 7) is 2.52. The highest BCUT2D eigenvalue weighted by Gasteiger charge is 2.56. The van der Waals surface area contributed by atoms with Crippen molar-refractivity contribution >= 4 is 23.2 Å². The average molecular weight is 626 g/mol. The number of hydrogen-bond donors (Lipinski definition) is 0. The molecule has 0 N–H and O–H groups in total. The zero-order valence-electron chi connectivity index (χ0n) is 23.2. The first-order valence-corrected chi connectivity index (χ1v) is 14.8. The van der Waals surface area contributed by atoms with Crippen LogP contribution in [0.4, 0.5) is 26.3 Å². The summed E-state index contributed by atoms with van der Waals surface area (Å²) in [6, 6.07) is 5.59. The second kappa shape index (κ2) is 11.8. The molecule has 2 aliphatic rings. The second-order valence-corrected chi connectivity index (χ2v) is 11.7. The SMILES string of the molecule is CCC[C@H]1N(C(=O)c2cnccc2C(F)(F)F)CCC[C@@]1(Oc1ccc(C(F)(F)F)cc1)C(=O)N1CCc2sccc2C1. The predicted octanol–water partition coefficient (Wildman–Crippen LogP) is 6.99. The molecular weight excluding hydrogens is 596 g/mol. The lowest BCUT2D eigenvalue weighted by molar-refractivity contribution is -0.160. The summed E-state index contributed by atoms with van der Waals surface area (Å²) in [5, 5.41) is 1.93. The molecule has 43 heavy (non-hydrogen) atoms. The molecule has 5 rings (SSSR count). The maximum atomic E-state index is 14.5. The van der Waals surface area contributed by atoms with Gasteiger partial charge in [-0.25, -0.2) is 0 Å². The Morgan fingerprint density at radius 1 is 1.05 bits per heavy atom. The Morgan fingerprint density at radius 3 is 2.47 bits per heavy atom. The molecule has 1 aromatic carbocycles. The molecule has 2 amide bonds. The van der Waals surface area contributed by atoms with Crippen molar-refractivity contribution in [3.8, 4) is 5.75 Å².